The first-order valence-corrected chi connectivity index (χ1v) is 5.96. The lowest BCUT2D eigenvalue weighted by Gasteiger charge is -2.02. The lowest BCUT2D eigenvalue weighted by molar-refractivity contribution is 0.296. The molecule has 0 N–H and O–H groups in total. The number of ether oxygens (including phenoxy) is 2. The first-order chi connectivity index (χ1) is 6.79. The molecule has 1 aromatic heterocycles. The van der Waals surface area contributed by atoms with Crippen LogP contribution in [0.25, 0.3) is 0 Å². The molecule has 0 spiro atoms. The molecular weight excluding hydrogens is 196 g/mol. The largest absolute Gasteiger partial charge is 0.488 e. The van der Waals surface area contributed by atoms with Crippen LogP contribution in [-0.4, -0.2) is 13.2 Å². The van der Waals surface area contributed by atoms with Gasteiger partial charge in [0, 0.05) is 16.2 Å². The third kappa shape index (κ3) is 2.21. The maximum Gasteiger partial charge on any atom is 0.175 e. The molecule has 0 aromatic carbocycles. The van der Waals surface area contributed by atoms with E-state index in [0.29, 0.717) is 0 Å². The van der Waals surface area contributed by atoms with Crippen molar-refractivity contribution in [3.05, 3.63) is 9.75 Å². The number of rotatable bonds is 0. The Morgan fingerprint density at radius 2 is 1.36 bits per heavy atom. The summed E-state index contributed by atoms with van der Waals surface area (Å²) in [5.74, 6) is 1.94. The second kappa shape index (κ2) is 5.25. The molecule has 2 heterocycles. The van der Waals surface area contributed by atoms with Crippen LogP contribution < -0.4 is 9.47 Å². The van der Waals surface area contributed by atoms with Crippen LogP contribution in [0.3, 0.4) is 0 Å². The van der Waals surface area contributed by atoms with Crippen LogP contribution in [0.1, 0.15) is 30.0 Å². The molecule has 1 aliphatic heterocycles. The summed E-state index contributed by atoms with van der Waals surface area (Å²) < 4.78 is 11.2. The van der Waals surface area contributed by atoms with Crippen molar-refractivity contribution in [2.75, 3.05) is 13.2 Å². The van der Waals surface area contributed by atoms with Gasteiger partial charge in [0.05, 0.1) is 13.2 Å². The normalized spacial score (nSPS) is 14.0. The van der Waals surface area contributed by atoms with Crippen LogP contribution in [0.15, 0.2) is 0 Å². The van der Waals surface area contributed by atoms with Crippen LogP contribution in [0.2, 0.25) is 0 Å². The SMILES string of the molecule is CC.Cc1sc(C)c2c1OCCCO2. The first kappa shape index (κ1) is 11.4. The average molecular weight is 214 g/mol. The molecule has 0 atom stereocenters. The van der Waals surface area contributed by atoms with Gasteiger partial charge in [-0.05, 0) is 13.8 Å². The maximum atomic E-state index is 5.59. The van der Waals surface area contributed by atoms with E-state index in [-0.39, 0.29) is 0 Å². The predicted octanol–water partition coefficient (Wildman–Crippen LogP) is 3.55. The van der Waals surface area contributed by atoms with Crippen LogP contribution in [-0.2, 0) is 0 Å². The van der Waals surface area contributed by atoms with E-state index in [1.165, 1.54) is 9.75 Å². The van der Waals surface area contributed by atoms with E-state index < -0.39 is 0 Å². The molecule has 1 aromatic rings. The highest BCUT2D eigenvalue weighted by Crippen LogP contribution is 2.42. The number of aryl methyl sites for hydroxylation is 2. The van der Waals surface area contributed by atoms with E-state index in [1.807, 2.05) is 13.8 Å². The van der Waals surface area contributed by atoms with Gasteiger partial charge in [0.2, 0.25) is 0 Å². The van der Waals surface area contributed by atoms with Crippen molar-refractivity contribution >= 4 is 11.3 Å². The van der Waals surface area contributed by atoms with Crippen LogP contribution in [0, 0.1) is 13.8 Å². The molecule has 0 saturated carbocycles. The van der Waals surface area contributed by atoms with Gasteiger partial charge in [-0.15, -0.1) is 11.3 Å². The molecule has 2 nitrogen and oxygen atoms in total. The van der Waals surface area contributed by atoms with Gasteiger partial charge in [0.15, 0.2) is 11.5 Å². The standard InChI is InChI=1S/C9H12O2S.C2H6/c1-6-8-9(7(2)12-6)11-5-3-4-10-8;1-2/h3-5H2,1-2H3;1-2H3. The zero-order valence-electron chi connectivity index (χ0n) is 9.35. The van der Waals surface area contributed by atoms with Crippen molar-refractivity contribution in [3.8, 4) is 11.5 Å². The average Bonchev–Trinajstić information content (AvgIpc) is 2.44. The van der Waals surface area contributed by atoms with Gasteiger partial charge >= 0.3 is 0 Å². The van der Waals surface area contributed by atoms with Gasteiger partial charge in [-0.2, -0.15) is 0 Å². The van der Waals surface area contributed by atoms with Gasteiger partial charge < -0.3 is 9.47 Å². The highest BCUT2D eigenvalue weighted by molar-refractivity contribution is 7.12. The van der Waals surface area contributed by atoms with Crippen molar-refractivity contribution < 1.29 is 9.47 Å². The van der Waals surface area contributed by atoms with Crippen LogP contribution in [0.4, 0.5) is 0 Å². The smallest absolute Gasteiger partial charge is 0.175 e. The quantitative estimate of drug-likeness (QED) is 0.657. The molecular formula is C11H18O2S. The van der Waals surface area contributed by atoms with Crippen LogP contribution in [0.5, 0.6) is 11.5 Å². The van der Waals surface area contributed by atoms with Crippen LogP contribution >= 0.6 is 11.3 Å². The van der Waals surface area contributed by atoms with E-state index in [1.54, 1.807) is 11.3 Å². The lowest BCUT2D eigenvalue weighted by Crippen LogP contribution is -1.98. The molecule has 0 radical (unpaired) electrons. The van der Waals surface area contributed by atoms with E-state index in [0.717, 1.165) is 31.1 Å². The Labute approximate surface area is 89.9 Å². The minimum Gasteiger partial charge on any atom is -0.488 e. The number of hydrogen-bond acceptors (Lipinski definition) is 3. The Bertz CT molecular complexity index is 265. The number of fused-ring (bicyclic) bond motifs is 1. The summed E-state index contributed by atoms with van der Waals surface area (Å²) in [5, 5.41) is 0. The van der Waals surface area contributed by atoms with E-state index in [4.69, 9.17) is 9.47 Å². The summed E-state index contributed by atoms with van der Waals surface area (Å²) in [6.07, 6.45) is 0.984. The number of thiophene rings is 1. The fourth-order valence-corrected chi connectivity index (χ4v) is 2.33. The Hall–Kier alpha value is -0.700. The van der Waals surface area contributed by atoms with Crippen molar-refractivity contribution in [2.45, 2.75) is 34.1 Å². The Balaban J connectivity index is 0.000000461. The molecule has 0 bridgehead atoms. The van der Waals surface area contributed by atoms with Crippen molar-refractivity contribution in [1.82, 2.24) is 0 Å². The van der Waals surface area contributed by atoms with Gasteiger partial charge in [0.25, 0.3) is 0 Å². The third-order valence-corrected chi connectivity index (χ3v) is 2.92. The van der Waals surface area contributed by atoms with Crippen molar-refractivity contribution in [3.63, 3.8) is 0 Å². The molecule has 0 saturated heterocycles. The zero-order valence-corrected chi connectivity index (χ0v) is 10.2. The fourth-order valence-electron chi connectivity index (χ4n) is 1.38. The van der Waals surface area contributed by atoms with Gasteiger partial charge in [-0.1, -0.05) is 13.8 Å². The third-order valence-electron chi connectivity index (χ3n) is 1.93. The molecule has 0 fully saturated rings. The zero-order chi connectivity index (χ0) is 10.6. The minimum atomic E-state index is 0.782. The second-order valence-electron chi connectivity index (χ2n) is 2.92. The first-order valence-electron chi connectivity index (χ1n) is 5.14. The molecule has 0 aliphatic carbocycles. The maximum absolute atomic E-state index is 5.59. The summed E-state index contributed by atoms with van der Waals surface area (Å²) in [6, 6.07) is 0. The Morgan fingerprint density at radius 1 is 0.929 bits per heavy atom. The molecule has 80 valence electrons. The summed E-state index contributed by atoms with van der Waals surface area (Å²) in [4.78, 5) is 2.45. The topological polar surface area (TPSA) is 18.5 Å². The summed E-state index contributed by atoms with van der Waals surface area (Å²) >= 11 is 1.74. The summed E-state index contributed by atoms with van der Waals surface area (Å²) in [5.41, 5.74) is 0. The van der Waals surface area contributed by atoms with Gasteiger partial charge in [-0.25, -0.2) is 0 Å². The van der Waals surface area contributed by atoms with Crippen molar-refractivity contribution in [1.29, 1.82) is 0 Å². The molecule has 1 aliphatic rings. The molecule has 0 unspecified atom stereocenters. The Morgan fingerprint density at radius 3 is 1.79 bits per heavy atom. The molecule has 3 heteroatoms. The predicted molar refractivity (Wildman–Crippen MR) is 60.7 cm³/mol. The van der Waals surface area contributed by atoms with Gasteiger partial charge in [0.1, 0.15) is 0 Å². The fraction of sp³-hybridized carbons (Fsp3) is 0.636. The number of hydrogen-bond donors (Lipinski definition) is 0. The van der Waals surface area contributed by atoms with E-state index in [9.17, 15) is 0 Å². The molecule has 2 rings (SSSR count). The van der Waals surface area contributed by atoms with E-state index in [2.05, 4.69) is 13.8 Å². The lowest BCUT2D eigenvalue weighted by atomic mass is 10.4. The Kier molecular flexibility index (Phi) is 4.26. The summed E-state index contributed by atoms with van der Waals surface area (Å²) in [6.45, 7) is 9.71. The second-order valence-corrected chi connectivity index (χ2v) is 4.35. The molecule has 14 heavy (non-hydrogen) atoms. The van der Waals surface area contributed by atoms with E-state index >= 15 is 0 Å². The highest BCUT2D eigenvalue weighted by Gasteiger charge is 2.17. The van der Waals surface area contributed by atoms with Crippen molar-refractivity contribution in [2.24, 2.45) is 0 Å². The summed E-state index contributed by atoms with van der Waals surface area (Å²) in [7, 11) is 0. The highest BCUT2D eigenvalue weighted by atomic mass is 32.1. The monoisotopic (exact) mass is 214 g/mol. The minimum absolute atomic E-state index is 0.782. The molecule has 0 amide bonds. The van der Waals surface area contributed by atoms with Gasteiger partial charge in [-0.3, -0.25) is 0 Å².